The number of hydrogen-bond donors (Lipinski definition) is 0. The fourth-order valence-electron chi connectivity index (χ4n) is 4.14. The molecule has 3 aliphatic rings. The van der Waals surface area contributed by atoms with E-state index >= 15 is 0 Å². The number of fused-ring (bicyclic) bond motifs is 1. The van der Waals surface area contributed by atoms with Crippen LogP contribution in [0.2, 0.25) is 0 Å². The van der Waals surface area contributed by atoms with E-state index in [-0.39, 0.29) is 22.9 Å². The number of nitriles is 1. The molecule has 2 unspecified atom stereocenters. The van der Waals surface area contributed by atoms with Crippen LogP contribution in [0, 0.1) is 24.2 Å². The van der Waals surface area contributed by atoms with Crippen molar-refractivity contribution in [2.45, 2.75) is 24.3 Å². The van der Waals surface area contributed by atoms with Gasteiger partial charge in [0.15, 0.2) is 5.78 Å². The maximum absolute atomic E-state index is 13.6. The molecular weight excluding hydrogens is 414 g/mol. The molecule has 2 heterocycles. The van der Waals surface area contributed by atoms with Crippen LogP contribution in [-0.4, -0.2) is 62.3 Å². The molecule has 1 saturated heterocycles. The van der Waals surface area contributed by atoms with Crippen LogP contribution in [0.15, 0.2) is 64.7 Å². The van der Waals surface area contributed by atoms with Crippen molar-refractivity contribution in [3.63, 3.8) is 0 Å². The summed E-state index contributed by atoms with van der Waals surface area (Å²) in [6.07, 6.45) is 7.20. The molecule has 0 amide bonds. The summed E-state index contributed by atoms with van der Waals surface area (Å²) < 4.78 is 33.8. The Kier molecular flexibility index (Phi) is 6.10. The molecule has 8 heteroatoms. The molecule has 1 aromatic carbocycles. The first-order valence-electron chi connectivity index (χ1n) is 10.3. The number of morpholine rings is 1. The normalized spacial score (nSPS) is 23.7. The Hall–Kier alpha value is -2.73. The Labute approximate surface area is 182 Å². The smallest absolute Gasteiger partial charge is 0.264 e. The number of allylic oxidation sites excluding steroid dienone is 1. The highest BCUT2D eigenvalue weighted by Gasteiger charge is 2.43. The van der Waals surface area contributed by atoms with Crippen molar-refractivity contribution in [3.05, 3.63) is 65.4 Å². The number of ether oxygens (including phenoxy) is 1. The van der Waals surface area contributed by atoms with Gasteiger partial charge in [-0.1, -0.05) is 35.9 Å². The predicted molar refractivity (Wildman–Crippen MR) is 115 cm³/mol. The minimum atomic E-state index is -3.97. The van der Waals surface area contributed by atoms with Crippen LogP contribution in [0.1, 0.15) is 12.0 Å². The Morgan fingerprint density at radius 2 is 1.90 bits per heavy atom. The van der Waals surface area contributed by atoms with E-state index in [1.54, 1.807) is 30.3 Å². The van der Waals surface area contributed by atoms with E-state index in [0.29, 0.717) is 19.8 Å². The monoisotopic (exact) mass is 439 g/mol. The SMILES string of the molecule is Cc1ccc(S(=O)(=O)N2C(C(=O)CC#N)=CC3C=CC(CN4CCOCC4)=CC32)cc1. The number of hydrogen-bond acceptors (Lipinski definition) is 6. The second kappa shape index (κ2) is 8.79. The summed E-state index contributed by atoms with van der Waals surface area (Å²) in [7, 11) is -3.97. The lowest BCUT2D eigenvalue weighted by molar-refractivity contribution is -0.115. The summed E-state index contributed by atoms with van der Waals surface area (Å²) >= 11 is 0. The summed E-state index contributed by atoms with van der Waals surface area (Å²) in [5.41, 5.74) is 2.03. The van der Waals surface area contributed by atoms with Gasteiger partial charge in [0.05, 0.1) is 35.9 Å². The number of sulfonamides is 1. The van der Waals surface area contributed by atoms with Gasteiger partial charge in [0.25, 0.3) is 10.0 Å². The molecule has 2 atom stereocenters. The fourth-order valence-corrected chi connectivity index (χ4v) is 5.79. The molecule has 7 nitrogen and oxygen atoms in total. The average molecular weight is 440 g/mol. The number of benzene rings is 1. The molecule has 0 bridgehead atoms. The molecule has 1 fully saturated rings. The maximum Gasteiger partial charge on any atom is 0.264 e. The predicted octanol–water partition coefficient (Wildman–Crippen LogP) is 2.18. The van der Waals surface area contributed by atoms with Crippen LogP contribution in [0.25, 0.3) is 0 Å². The molecule has 0 aromatic heterocycles. The van der Waals surface area contributed by atoms with Gasteiger partial charge in [0, 0.05) is 25.6 Å². The molecule has 1 aliphatic carbocycles. The lowest BCUT2D eigenvalue weighted by atomic mass is 9.93. The number of nitrogens with zero attached hydrogens (tertiary/aromatic N) is 3. The highest BCUT2D eigenvalue weighted by atomic mass is 32.2. The van der Waals surface area contributed by atoms with Gasteiger partial charge in [-0.25, -0.2) is 8.42 Å². The van der Waals surface area contributed by atoms with Crippen molar-refractivity contribution in [3.8, 4) is 6.07 Å². The molecule has 2 aliphatic heterocycles. The Balaban J connectivity index is 1.69. The second-order valence-corrected chi connectivity index (χ2v) is 9.80. The van der Waals surface area contributed by atoms with Gasteiger partial charge in [-0.15, -0.1) is 0 Å². The third-order valence-corrected chi connectivity index (χ3v) is 7.61. The summed E-state index contributed by atoms with van der Waals surface area (Å²) in [5, 5.41) is 9.01. The quantitative estimate of drug-likeness (QED) is 0.675. The Morgan fingerprint density at radius 1 is 1.19 bits per heavy atom. The van der Waals surface area contributed by atoms with Crippen LogP contribution in [0.4, 0.5) is 0 Å². The zero-order valence-corrected chi connectivity index (χ0v) is 18.2. The van der Waals surface area contributed by atoms with Crippen molar-refractivity contribution in [1.29, 1.82) is 5.26 Å². The van der Waals surface area contributed by atoms with E-state index in [1.807, 2.05) is 31.2 Å². The summed E-state index contributed by atoms with van der Waals surface area (Å²) in [5.74, 6) is -0.726. The summed E-state index contributed by atoms with van der Waals surface area (Å²) in [4.78, 5) is 15.1. The van der Waals surface area contributed by atoms with Gasteiger partial charge in [-0.2, -0.15) is 5.26 Å². The van der Waals surface area contributed by atoms with Gasteiger partial charge < -0.3 is 4.74 Å². The van der Waals surface area contributed by atoms with E-state index in [0.717, 1.165) is 24.2 Å². The first-order valence-corrected chi connectivity index (χ1v) is 11.8. The van der Waals surface area contributed by atoms with Gasteiger partial charge in [-0.3, -0.25) is 14.0 Å². The fraction of sp³-hybridized carbons (Fsp3) is 0.391. The van der Waals surface area contributed by atoms with Crippen molar-refractivity contribution in [2.75, 3.05) is 32.8 Å². The van der Waals surface area contributed by atoms with E-state index in [2.05, 4.69) is 4.90 Å². The lowest BCUT2D eigenvalue weighted by Gasteiger charge is -2.32. The van der Waals surface area contributed by atoms with E-state index in [9.17, 15) is 13.2 Å². The summed E-state index contributed by atoms with van der Waals surface area (Å²) in [6, 6.07) is 7.91. The molecule has 31 heavy (non-hydrogen) atoms. The van der Waals surface area contributed by atoms with Crippen LogP contribution in [-0.2, 0) is 19.6 Å². The van der Waals surface area contributed by atoms with Crippen LogP contribution in [0.3, 0.4) is 0 Å². The van der Waals surface area contributed by atoms with Crippen LogP contribution in [0.5, 0.6) is 0 Å². The highest BCUT2D eigenvalue weighted by molar-refractivity contribution is 7.89. The standard InChI is InChI=1S/C23H25N3O4S/c1-17-2-6-20(7-3-17)31(28,29)26-21-14-18(16-25-10-12-30-13-11-25)4-5-19(21)15-22(26)23(27)8-9-24/h2-7,14-15,19,21H,8,10-13,16H2,1H3. The molecule has 4 rings (SSSR count). The summed E-state index contributed by atoms with van der Waals surface area (Å²) in [6.45, 7) is 5.61. The number of ketones is 1. The van der Waals surface area contributed by atoms with Gasteiger partial charge in [-0.05, 0) is 30.7 Å². The lowest BCUT2D eigenvalue weighted by Crippen LogP contribution is -2.41. The molecule has 0 N–H and O–H groups in total. The first kappa shape index (κ1) is 21.5. The van der Waals surface area contributed by atoms with Crippen LogP contribution < -0.4 is 0 Å². The zero-order chi connectivity index (χ0) is 22.0. The Morgan fingerprint density at radius 3 is 2.58 bits per heavy atom. The maximum atomic E-state index is 13.6. The Bertz CT molecular complexity index is 1090. The van der Waals surface area contributed by atoms with Crippen molar-refractivity contribution >= 4 is 15.8 Å². The first-order chi connectivity index (χ1) is 14.9. The largest absolute Gasteiger partial charge is 0.379 e. The molecular formula is C23H25N3O4S. The number of carbonyl (C=O) groups excluding carboxylic acids is 1. The molecule has 0 saturated carbocycles. The third-order valence-electron chi connectivity index (χ3n) is 5.78. The van der Waals surface area contributed by atoms with E-state index < -0.39 is 21.8 Å². The second-order valence-electron chi connectivity index (χ2n) is 7.98. The number of aryl methyl sites for hydroxylation is 1. The van der Waals surface area contributed by atoms with E-state index in [4.69, 9.17) is 10.00 Å². The van der Waals surface area contributed by atoms with Crippen molar-refractivity contribution < 1.29 is 17.9 Å². The number of rotatable bonds is 6. The van der Waals surface area contributed by atoms with Gasteiger partial charge in [0.1, 0.15) is 6.42 Å². The topological polar surface area (TPSA) is 90.7 Å². The molecule has 0 spiro atoms. The average Bonchev–Trinajstić information content (AvgIpc) is 3.15. The number of carbonyl (C=O) groups is 1. The van der Waals surface area contributed by atoms with Crippen molar-refractivity contribution in [1.82, 2.24) is 9.21 Å². The minimum Gasteiger partial charge on any atom is -0.379 e. The van der Waals surface area contributed by atoms with Gasteiger partial charge >= 0.3 is 0 Å². The minimum absolute atomic E-state index is 0.0747. The number of Topliss-reactive ketones (excluding diaryl/α,β-unsaturated/α-hetero) is 1. The van der Waals surface area contributed by atoms with Gasteiger partial charge in [0.2, 0.25) is 0 Å². The third kappa shape index (κ3) is 4.35. The van der Waals surface area contributed by atoms with Crippen LogP contribution >= 0.6 is 0 Å². The zero-order valence-electron chi connectivity index (χ0n) is 17.4. The highest BCUT2D eigenvalue weighted by Crippen LogP contribution is 2.38. The molecule has 162 valence electrons. The molecule has 0 radical (unpaired) electrons. The molecule has 1 aromatic rings. The van der Waals surface area contributed by atoms with E-state index in [1.165, 1.54) is 4.31 Å². The van der Waals surface area contributed by atoms with Crippen molar-refractivity contribution in [2.24, 2.45) is 5.92 Å².